The molecule has 10 radical (unpaired) electrons. The van der Waals surface area contributed by atoms with Crippen LogP contribution < -0.4 is 56.5 Å². The molecule has 3 nitrogen and oxygen atoms in total. The predicted molar refractivity (Wildman–Crippen MR) is 193 cm³/mol. The Morgan fingerprint density at radius 2 is 0.638 bits per heavy atom. The van der Waals surface area contributed by atoms with E-state index in [1.165, 1.54) is 84.9 Å². The SMILES string of the molecule is C1CCOC1.C1CCOC1.CC(C)(C)c1cccc(C(C)(C)C)c1[O-].C[C]1[C](C)[C](C)[C](C)[C]1C.C[C]1[C](C)[C](C)[C](C)[C]1C.[K+].[Sm]. The van der Waals surface area contributed by atoms with Crippen LogP contribution in [0, 0.1) is 99.6 Å². The van der Waals surface area contributed by atoms with E-state index in [9.17, 15) is 5.11 Å². The standard InChI is InChI=1S/C14H22O.2C10H15.2C4H8O.K.Sm/c1-13(2,3)10-8-7-9-11(12(10)15)14(4,5)6;2*1-6-7(2)9(4)10(5)8(6)3;2*1-2-4-5-3-1;;/h7-9,15H,1-6H3;2*1-5H3;2*1-4H2;;/q;;;;;+1;/p-1. The van der Waals surface area contributed by atoms with Crippen LogP contribution in [0.25, 0.3) is 0 Å². The van der Waals surface area contributed by atoms with Gasteiger partial charge in [-0.1, -0.05) is 140 Å². The number of hydrogen-bond donors (Lipinski definition) is 0. The number of para-hydroxylation sites is 1. The molecule has 2 aliphatic carbocycles. The summed E-state index contributed by atoms with van der Waals surface area (Å²) in [6.45, 7) is 38.5. The maximum Gasteiger partial charge on any atom is 1.00 e. The van der Waals surface area contributed by atoms with Gasteiger partial charge in [-0.15, -0.1) is 5.75 Å². The Hall–Kier alpha value is 1.91. The van der Waals surface area contributed by atoms with Crippen molar-refractivity contribution >= 4 is 0 Å². The van der Waals surface area contributed by atoms with E-state index in [-0.39, 0.29) is 108 Å². The van der Waals surface area contributed by atoms with E-state index in [0.717, 1.165) is 37.6 Å². The molecule has 5 rings (SSSR count). The quantitative estimate of drug-likeness (QED) is 0.251. The summed E-state index contributed by atoms with van der Waals surface area (Å²) in [6, 6.07) is 5.87. The zero-order valence-electron chi connectivity index (χ0n) is 33.5. The Balaban J connectivity index is 0. The third-order valence-corrected chi connectivity index (χ3v) is 9.91. The van der Waals surface area contributed by atoms with Crippen molar-refractivity contribution in [3.05, 3.63) is 88.5 Å². The van der Waals surface area contributed by atoms with Crippen LogP contribution in [0.2, 0.25) is 0 Å². The van der Waals surface area contributed by atoms with E-state index in [2.05, 4.69) is 111 Å². The average molecular weight is 809 g/mol. The van der Waals surface area contributed by atoms with E-state index in [1.54, 1.807) is 0 Å². The average Bonchev–Trinajstić information content (AvgIpc) is 3.80. The van der Waals surface area contributed by atoms with Gasteiger partial charge >= 0.3 is 51.4 Å². The first-order valence-electron chi connectivity index (χ1n) is 17.1. The summed E-state index contributed by atoms with van der Waals surface area (Å²) in [5, 5.41) is 12.3. The fourth-order valence-electron chi connectivity index (χ4n) is 5.55. The molecule has 2 aliphatic heterocycles. The summed E-state index contributed by atoms with van der Waals surface area (Å²) >= 11 is 0. The summed E-state index contributed by atoms with van der Waals surface area (Å²) in [5.41, 5.74) is 1.68. The molecule has 1 aromatic rings. The Kier molecular flexibility index (Phi) is 26.3. The molecule has 2 saturated carbocycles. The number of hydrogen-bond acceptors (Lipinski definition) is 3. The zero-order valence-corrected chi connectivity index (χ0v) is 39.3. The van der Waals surface area contributed by atoms with Gasteiger partial charge in [-0.2, -0.15) is 0 Å². The van der Waals surface area contributed by atoms with E-state index in [4.69, 9.17) is 9.47 Å². The Morgan fingerprint density at radius 1 is 0.447 bits per heavy atom. The normalized spacial score (nSPS) is 21.4. The van der Waals surface area contributed by atoms with Crippen LogP contribution in [0.4, 0.5) is 0 Å². The van der Waals surface area contributed by atoms with E-state index in [0.29, 0.717) is 0 Å². The van der Waals surface area contributed by atoms with Gasteiger partial charge < -0.3 is 14.6 Å². The van der Waals surface area contributed by atoms with Crippen LogP contribution in [-0.2, 0) is 20.3 Å². The molecule has 2 saturated heterocycles. The minimum Gasteiger partial charge on any atom is -0.872 e. The van der Waals surface area contributed by atoms with Crippen LogP contribution in [0.15, 0.2) is 18.2 Å². The largest absolute Gasteiger partial charge is 1.00 e. The van der Waals surface area contributed by atoms with Gasteiger partial charge in [0.25, 0.3) is 0 Å². The van der Waals surface area contributed by atoms with E-state index >= 15 is 0 Å². The molecule has 260 valence electrons. The maximum atomic E-state index is 12.3. The van der Waals surface area contributed by atoms with Gasteiger partial charge in [0.1, 0.15) is 0 Å². The van der Waals surface area contributed by atoms with Crippen molar-refractivity contribution in [3.8, 4) is 5.75 Å². The molecule has 4 fully saturated rings. The van der Waals surface area contributed by atoms with Crippen LogP contribution in [0.3, 0.4) is 0 Å². The van der Waals surface area contributed by atoms with Crippen LogP contribution >= 0.6 is 0 Å². The van der Waals surface area contributed by atoms with Gasteiger partial charge in [-0.05, 0) is 95.7 Å². The predicted octanol–water partition coefficient (Wildman–Crippen LogP) is 7.90. The van der Waals surface area contributed by atoms with Crippen molar-refractivity contribution < 1.29 is 106 Å². The van der Waals surface area contributed by atoms with Crippen molar-refractivity contribution in [2.75, 3.05) is 26.4 Å². The second-order valence-corrected chi connectivity index (χ2v) is 15.1. The summed E-state index contributed by atoms with van der Waals surface area (Å²) in [5.74, 6) is 14.9. The van der Waals surface area contributed by atoms with Gasteiger partial charge in [0.15, 0.2) is 0 Å². The van der Waals surface area contributed by atoms with Gasteiger partial charge in [0, 0.05) is 66.8 Å². The summed E-state index contributed by atoms with van der Waals surface area (Å²) in [7, 11) is 0. The fourth-order valence-corrected chi connectivity index (χ4v) is 5.55. The first-order chi connectivity index (χ1) is 20.7. The summed E-state index contributed by atoms with van der Waals surface area (Å²) < 4.78 is 9.89. The van der Waals surface area contributed by atoms with E-state index < -0.39 is 0 Å². The molecule has 0 spiro atoms. The molecule has 1 aromatic carbocycles. The number of rotatable bonds is 0. The van der Waals surface area contributed by atoms with Gasteiger partial charge in [0.05, 0.1) is 0 Å². The Morgan fingerprint density at radius 3 is 0.766 bits per heavy atom. The summed E-state index contributed by atoms with van der Waals surface area (Å²) in [4.78, 5) is 0. The molecule has 0 atom stereocenters. The molecule has 0 aromatic heterocycles. The molecular weight excluding hydrogens is 742 g/mol. The molecule has 2 heterocycles. The minimum absolute atomic E-state index is 0. The maximum absolute atomic E-state index is 12.3. The van der Waals surface area contributed by atoms with Crippen molar-refractivity contribution in [2.45, 2.75) is 147 Å². The van der Waals surface area contributed by atoms with Crippen molar-refractivity contribution in [3.63, 3.8) is 0 Å². The second kappa shape index (κ2) is 24.3. The first kappa shape index (κ1) is 51.0. The monoisotopic (exact) mass is 810 g/mol. The Bertz CT molecular complexity index is 769. The first-order valence-corrected chi connectivity index (χ1v) is 17.1. The van der Waals surface area contributed by atoms with Crippen LogP contribution in [0.1, 0.15) is 148 Å². The molecule has 0 amide bonds. The minimum atomic E-state index is -0.0711. The zero-order chi connectivity index (χ0) is 34.7. The van der Waals surface area contributed by atoms with Gasteiger partial charge in [-0.3, -0.25) is 0 Å². The summed E-state index contributed by atoms with van der Waals surface area (Å²) in [6.07, 6.45) is 5.11. The molecular formula is C42H67KO3Sm. The molecule has 5 heteroatoms. The topological polar surface area (TPSA) is 41.5 Å². The Labute approximate surface area is 369 Å². The molecule has 0 unspecified atom stereocenters. The smallest absolute Gasteiger partial charge is 0.872 e. The van der Waals surface area contributed by atoms with Gasteiger partial charge in [-0.25, -0.2) is 0 Å². The third-order valence-electron chi connectivity index (χ3n) is 9.91. The van der Waals surface area contributed by atoms with Crippen LogP contribution in [-0.4, -0.2) is 26.4 Å². The van der Waals surface area contributed by atoms with E-state index in [1.807, 2.05) is 18.2 Å². The van der Waals surface area contributed by atoms with Crippen LogP contribution in [0.5, 0.6) is 5.75 Å². The third kappa shape index (κ3) is 16.6. The van der Waals surface area contributed by atoms with Crippen molar-refractivity contribution in [1.82, 2.24) is 0 Å². The molecule has 4 aliphatic rings. The molecule has 47 heavy (non-hydrogen) atoms. The molecule has 0 bridgehead atoms. The van der Waals surface area contributed by atoms with Gasteiger partial charge in [0.2, 0.25) is 0 Å². The number of benzene rings is 1. The number of ether oxygens (including phenoxy) is 2. The molecule has 0 N–H and O–H groups in total. The fraction of sp³-hybridized carbons (Fsp3) is 0.619. The van der Waals surface area contributed by atoms with Crippen molar-refractivity contribution in [1.29, 1.82) is 0 Å². The second-order valence-electron chi connectivity index (χ2n) is 15.1. The van der Waals surface area contributed by atoms with Crippen molar-refractivity contribution in [2.24, 2.45) is 0 Å².